The first-order valence-electron chi connectivity index (χ1n) is 5.79. The number of hydrogen-bond acceptors (Lipinski definition) is 3. The summed E-state index contributed by atoms with van der Waals surface area (Å²) in [6.07, 6.45) is 0.632. The van der Waals surface area contributed by atoms with Crippen molar-refractivity contribution in [1.82, 2.24) is 4.90 Å². The van der Waals surface area contributed by atoms with Gasteiger partial charge in [-0.1, -0.05) is 12.1 Å². The standard InChI is InChI=1S/C13H18N2O2/c1-10-4-3-5-11(8-10)14-13(12(16)17)6-7-15(2)9-13/h3-5,8,14H,6-7,9H2,1-2H3,(H,16,17). The predicted octanol–water partition coefficient (Wildman–Crippen LogP) is 1.57. The maximum Gasteiger partial charge on any atom is 0.330 e. The molecule has 1 atom stereocenters. The van der Waals surface area contributed by atoms with Gasteiger partial charge in [-0.05, 0) is 38.1 Å². The van der Waals surface area contributed by atoms with Crippen LogP contribution in [0.3, 0.4) is 0 Å². The third-order valence-electron chi connectivity index (χ3n) is 3.27. The zero-order chi connectivity index (χ0) is 12.5. The van der Waals surface area contributed by atoms with Crippen molar-refractivity contribution in [3.05, 3.63) is 29.8 Å². The molecule has 0 bridgehead atoms. The number of carbonyl (C=O) groups is 1. The van der Waals surface area contributed by atoms with Gasteiger partial charge in [0.05, 0.1) is 0 Å². The number of aryl methyl sites for hydroxylation is 1. The van der Waals surface area contributed by atoms with Crippen molar-refractivity contribution >= 4 is 11.7 Å². The maximum absolute atomic E-state index is 11.5. The van der Waals surface area contributed by atoms with Gasteiger partial charge in [0.15, 0.2) is 0 Å². The fraction of sp³-hybridized carbons (Fsp3) is 0.462. The van der Waals surface area contributed by atoms with E-state index in [4.69, 9.17) is 0 Å². The molecule has 2 rings (SSSR count). The summed E-state index contributed by atoms with van der Waals surface area (Å²) in [7, 11) is 1.95. The van der Waals surface area contributed by atoms with Crippen molar-refractivity contribution < 1.29 is 9.90 Å². The van der Waals surface area contributed by atoms with Gasteiger partial charge in [-0.3, -0.25) is 0 Å². The molecule has 1 aromatic carbocycles. The van der Waals surface area contributed by atoms with Crippen molar-refractivity contribution in [2.45, 2.75) is 18.9 Å². The first kappa shape index (κ1) is 11.9. The van der Waals surface area contributed by atoms with Gasteiger partial charge in [0.1, 0.15) is 5.54 Å². The van der Waals surface area contributed by atoms with Crippen LogP contribution in [0.5, 0.6) is 0 Å². The molecule has 92 valence electrons. The largest absolute Gasteiger partial charge is 0.479 e. The Bertz CT molecular complexity index is 433. The highest BCUT2D eigenvalue weighted by Crippen LogP contribution is 2.26. The van der Waals surface area contributed by atoms with Crippen LogP contribution in [0.2, 0.25) is 0 Å². The average molecular weight is 234 g/mol. The molecule has 0 aliphatic carbocycles. The fourth-order valence-electron chi connectivity index (χ4n) is 2.33. The van der Waals surface area contributed by atoms with Crippen LogP contribution in [0.25, 0.3) is 0 Å². The van der Waals surface area contributed by atoms with Crippen molar-refractivity contribution in [3.63, 3.8) is 0 Å². The van der Waals surface area contributed by atoms with Crippen LogP contribution in [-0.2, 0) is 4.79 Å². The lowest BCUT2D eigenvalue weighted by Crippen LogP contribution is -2.48. The molecule has 2 N–H and O–H groups in total. The van der Waals surface area contributed by atoms with Crippen LogP contribution in [0.4, 0.5) is 5.69 Å². The monoisotopic (exact) mass is 234 g/mol. The quantitative estimate of drug-likeness (QED) is 0.833. The van der Waals surface area contributed by atoms with Gasteiger partial charge in [-0.15, -0.1) is 0 Å². The lowest BCUT2D eigenvalue weighted by atomic mass is 9.98. The summed E-state index contributed by atoms with van der Waals surface area (Å²) in [6, 6.07) is 7.82. The van der Waals surface area contributed by atoms with E-state index in [1.165, 1.54) is 0 Å². The summed E-state index contributed by atoms with van der Waals surface area (Å²) < 4.78 is 0. The van der Waals surface area contributed by atoms with Gasteiger partial charge < -0.3 is 15.3 Å². The first-order chi connectivity index (χ1) is 8.02. The van der Waals surface area contributed by atoms with E-state index >= 15 is 0 Å². The second-order valence-electron chi connectivity index (χ2n) is 4.87. The number of likely N-dealkylation sites (N-methyl/N-ethyl adjacent to an activating group) is 1. The van der Waals surface area contributed by atoms with E-state index in [1.807, 2.05) is 43.1 Å². The highest BCUT2D eigenvalue weighted by Gasteiger charge is 2.43. The van der Waals surface area contributed by atoms with Gasteiger partial charge in [0.25, 0.3) is 0 Å². The van der Waals surface area contributed by atoms with E-state index in [2.05, 4.69) is 5.32 Å². The number of benzene rings is 1. The Morgan fingerprint density at radius 3 is 2.82 bits per heavy atom. The molecule has 1 unspecified atom stereocenters. The Balaban J connectivity index is 2.22. The third-order valence-corrected chi connectivity index (χ3v) is 3.27. The molecule has 0 saturated carbocycles. The molecule has 0 amide bonds. The molecule has 4 nitrogen and oxygen atoms in total. The number of nitrogens with zero attached hydrogens (tertiary/aromatic N) is 1. The molecule has 1 heterocycles. The van der Waals surface area contributed by atoms with Crippen LogP contribution in [0.1, 0.15) is 12.0 Å². The molecule has 1 aliphatic heterocycles. The highest BCUT2D eigenvalue weighted by atomic mass is 16.4. The van der Waals surface area contributed by atoms with E-state index in [9.17, 15) is 9.90 Å². The number of hydrogen-bond donors (Lipinski definition) is 2. The van der Waals surface area contributed by atoms with E-state index in [0.717, 1.165) is 17.8 Å². The van der Waals surface area contributed by atoms with E-state index < -0.39 is 11.5 Å². The zero-order valence-electron chi connectivity index (χ0n) is 10.2. The molecule has 0 aromatic heterocycles. The Kier molecular flexibility index (Phi) is 3.07. The van der Waals surface area contributed by atoms with E-state index in [1.54, 1.807) is 0 Å². The van der Waals surface area contributed by atoms with Gasteiger partial charge in [0.2, 0.25) is 0 Å². The first-order valence-corrected chi connectivity index (χ1v) is 5.79. The number of aliphatic carboxylic acids is 1. The summed E-state index contributed by atoms with van der Waals surface area (Å²) in [5, 5.41) is 12.6. The predicted molar refractivity (Wildman–Crippen MR) is 67.3 cm³/mol. The molecule has 17 heavy (non-hydrogen) atoms. The third kappa shape index (κ3) is 2.42. The van der Waals surface area contributed by atoms with Gasteiger partial charge >= 0.3 is 5.97 Å². The van der Waals surface area contributed by atoms with Crippen LogP contribution in [0.15, 0.2) is 24.3 Å². The minimum atomic E-state index is -0.845. The topological polar surface area (TPSA) is 52.6 Å². The number of carboxylic acid groups (broad SMARTS) is 1. The van der Waals surface area contributed by atoms with Crippen LogP contribution < -0.4 is 5.32 Å². The minimum absolute atomic E-state index is 0.538. The molecule has 1 fully saturated rings. The number of carboxylic acids is 1. The lowest BCUT2D eigenvalue weighted by Gasteiger charge is -2.26. The lowest BCUT2D eigenvalue weighted by molar-refractivity contribution is -0.141. The van der Waals surface area contributed by atoms with Gasteiger partial charge in [-0.25, -0.2) is 4.79 Å². The molecule has 0 radical (unpaired) electrons. The fourth-order valence-corrected chi connectivity index (χ4v) is 2.33. The molecular formula is C13H18N2O2. The normalized spacial score (nSPS) is 24.8. The second kappa shape index (κ2) is 4.37. The summed E-state index contributed by atoms with van der Waals surface area (Å²) in [4.78, 5) is 13.5. The van der Waals surface area contributed by atoms with Crippen molar-refractivity contribution in [3.8, 4) is 0 Å². The molecule has 4 heteroatoms. The number of rotatable bonds is 3. The summed E-state index contributed by atoms with van der Waals surface area (Å²) >= 11 is 0. The smallest absolute Gasteiger partial charge is 0.330 e. The van der Waals surface area contributed by atoms with Gasteiger partial charge in [0, 0.05) is 18.8 Å². The number of anilines is 1. The molecule has 1 saturated heterocycles. The summed E-state index contributed by atoms with van der Waals surface area (Å²) in [6.45, 7) is 3.35. The Morgan fingerprint density at radius 1 is 1.53 bits per heavy atom. The Labute approximate surface area is 101 Å². The van der Waals surface area contributed by atoms with Crippen LogP contribution in [0, 0.1) is 6.92 Å². The highest BCUT2D eigenvalue weighted by molar-refractivity contribution is 5.83. The molecule has 1 aromatic rings. The van der Waals surface area contributed by atoms with Crippen LogP contribution in [-0.4, -0.2) is 41.7 Å². The van der Waals surface area contributed by atoms with E-state index in [0.29, 0.717) is 13.0 Å². The second-order valence-corrected chi connectivity index (χ2v) is 4.87. The number of nitrogens with one attached hydrogen (secondary N) is 1. The van der Waals surface area contributed by atoms with Gasteiger partial charge in [-0.2, -0.15) is 0 Å². The van der Waals surface area contributed by atoms with Crippen LogP contribution >= 0.6 is 0 Å². The summed E-state index contributed by atoms with van der Waals surface area (Å²) in [5.41, 5.74) is 1.16. The Hall–Kier alpha value is -1.55. The maximum atomic E-state index is 11.5. The summed E-state index contributed by atoms with van der Waals surface area (Å²) in [5.74, 6) is -0.775. The number of likely N-dealkylation sites (tertiary alicyclic amines) is 1. The molecule has 1 aliphatic rings. The van der Waals surface area contributed by atoms with E-state index in [-0.39, 0.29) is 0 Å². The minimum Gasteiger partial charge on any atom is -0.479 e. The van der Waals surface area contributed by atoms with Crippen molar-refractivity contribution in [1.29, 1.82) is 0 Å². The average Bonchev–Trinajstić information content (AvgIpc) is 2.61. The zero-order valence-corrected chi connectivity index (χ0v) is 10.2. The van der Waals surface area contributed by atoms with Crippen molar-refractivity contribution in [2.75, 3.05) is 25.5 Å². The Morgan fingerprint density at radius 2 is 2.29 bits per heavy atom. The SMILES string of the molecule is Cc1cccc(NC2(C(=O)O)CCN(C)C2)c1. The molecular weight excluding hydrogens is 216 g/mol. The van der Waals surface area contributed by atoms with Crippen molar-refractivity contribution in [2.24, 2.45) is 0 Å². The molecule has 0 spiro atoms.